The van der Waals surface area contributed by atoms with Crippen LogP contribution >= 0.6 is 0 Å². The summed E-state index contributed by atoms with van der Waals surface area (Å²) in [5, 5.41) is 0.196. The van der Waals surface area contributed by atoms with Crippen LogP contribution in [-0.2, 0) is 7.05 Å². The van der Waals surface area contributed by atoms with Crippen LogP contribution in [0.3, 0.4) is 0 Å². The number of fused-ring (bicyclic) bond motifs is 1. The van der Waals surface area contributed by atoms with E-state index in [1.165, 1.54) is 17.7 Å². The molecule has 0 atom stereocenters. The van der Waals surface area contributed by atoms with Gasteiger partial charge in [0, 0.05) is 7.05 Å². The summed E-state index contributed by atoms with van der Waals surface area (Å²) >= 11 is 0. The second-order valence-electron chi connectivity index (χ2n) is 3.87. The first kappa shape index (κ1) is 11.7. The fourth-order valence-corrected chi connectivity index (χ4v) is 1.60. The van der Waals surface area contributed by atoms with E-state index in [4.69, 9.17) is 0 Å². The molecule has 3 nitrogen and oxygen atoms in total. The molecule has 0 N–H and O–H groups in total. The predicted molar refractivity (Wildman–Crippen MR) is 60.4 cm³/mol. The number of nitrogens with zero attached hydrogens (tertiary/aromatic N) is 2. The average molecular weight is 241 g/mol. The van der Waals surface area contributed by atoms with E-state index in [9.17, 15) is 17.7 Å². The van der Waals surface area contributed by atoms with Gasteiger partial charge in [0.05, 0.1) is 10.9 Å². The highest BCUT2D eigenvalue weighted by Crippen LogP contribution is 2.12. The molecule has 0 fully saturated rings. The van der Waals surface area contributed by atoms with Crippen molar-refractivity contribution in [3.8, 4) is 0 Å². The molecule has 0 amide bonds. The van der Waals surface area contributed by atoms with E-state index in [0.29, 0.717) is 5.82 Å². The lowest BCUT2D eigenvalue weighted by Gasteiger charge is -2.15. The molecule has 0 aliphatic heterocycles. The molecule has 1 heterocycles. The van der Waals surface area contributed by atoms with Gasteiger partial charge in [-0.05, 0) is 6.92 Å². The number of benzene rings is 1. The van der Waals surface area contributed by atoms with Crippen LogP contribution in [0.2, 0.25) is 0 Å². The Morgan fingerprint density at radius 2 is 1.94 bits per heavy atom. The molecule has 0 aliphatic rings. The van der Waals surface area contributed by atoms with E-state index in [0.717, 1.165) is 12.1 Å². The zero-order valence-corrected chi connectivity index (χ0v) is 9.25. The number of rotatable bonds is 1. The Balaban J connectivity index is 2.81. The van der Waals surface area contributed by atoms with Crippen molar-refractivity contribution in [1.29, 1.82) is 0 Å². The number of hydrogen-bond donors (Lipinski definition) is 0. The van der Waals surface area contributed by atoms with Crippen molar-refractivity contribution in [1.82, 2.24) is 9.55 Å². The molecule has 2 rings (SSSR count). The third-order valence-electron chi connectivity index (χ3n) is 2.70. The number of aromatic nitrogens is 2. The van der Waals surface area contributed by atoms with Crippen molar-refractivity contribution in [3.63, 3.8) is 0 Å². The molecule has 0 aliphatic carbocycles. The van der Waals surface area contributed by atoms with Gasteiger partial charge < -0.3 is 12.9 Å². The Hall–Kier alpha value is -1.79. The molecule has 0 bridgehead atoms. The summed E-state index contributed by atoms with van der Waals surface area (Å²) in [6.45, 7) is -3.49. The van der Waals surface area contributed by atoms with Gasteiger partial charge in [0.1, 0.15) is 5.82 Å². The molecule has 17 heavy (non-hydrogen) atoms. The minimum absolute atomic E-state index is 0.0855. The molecular formula is C10H9BF3N2O-. The van der Waals surface area contributed by atoms with Crippen LogP contribution in [-0.4, -0.2) is 16.5 Å². The Bertz CT molecular complexity index is 648. The van der Waals surface area contributed by atoms with Crippen molar-refractivity contribution in [2.24, 2.45) is 7.05 Å². The van der Waals surface area contributed by atoms with Gasteiger partial charge in [-0.2, -0.15) is 0 Å². The lowest BCUT2D eigenvalue weighted by Crippen LogP contribution is -2.34. The molecule has 0 saturated heterocycles. The van der Waals surface area contributed by atoms with E-state index in [-0.39, 0.29) is 16.5 Å². The van der Waals surface area contributed by atoms with Gasteiger partial charge in [0.25, 0.3) is 5.56 Å². The van der Waals surface area contributed by atoms with Crippen LogP contribution in [0.15, 0.2) is 23.0 Å². The van der Waals surface area contributed by atoms with E-state index in [2.05, 4.69) is 4.98 Å². The lowest BCUT2D eigenvalue weighted by atomic mass is 9.80. The Labute approximate surface area is 95.0 Å². The van der Waals surface area contributed by atoms with Gasteiger partial charge in [-0.3, -0.25) is 9.36 Å². The summed E-state index contributed by atoms with van der Waals surface area (Å²) < 4.78 is 38.9. The van der Waals surface area contributed by atoms with Crippen molar-refractivity contribution in [3.05, 3.63) is 34.4 Å². The second-order valence-corrected chi connectivity index (χ2v) is 3.87. The summed E-state index contributed by atoms with van der Waals surface area (Å²) in [6.07, 6.45) is 0. The first-order valence-electron chi connectivity index (χ1n) is 4.98. The summed E-state index contributed by atoms with van der Waals surface area (Å²) in [5.74, 6) is 0.384. The standard InChI is InChI=1S/C10H9BF3N2O/c1-6-15-9-5-7(11(12,13)14)3-4-8(9)10(17)16(6)2/h3-5H,1-2H3/q-1. The van der Waals surface area contributed by atoms with Gasteiger partial charge in [0.15, 0.2) is 0 Å². The lowest BCUT2D eigenvalue weighted by molar-refractivity contribution is 0.501. The molecule has 0 unspecified atom stereocenters. The van der Waals surface area contributed by atoms with Crippen LogP contribution in [0.1, 0.15) is 5.82 Å². The van der Waals surface area contributed by atoms with Gasteiger partial charge in [0.2, 0.25) is 0 Å². The normalized spacial score (nSPS) is 12.1. The Kier molecular flexibility index (Phi) is 2.48. The van der Waals surface area contributed by atoms with Gasteiger partial charge in [-0.1, -0.05) is 18.2 Å². The maximum absolute atomic E-state index is 12.5. The molecule has 0 saturated carbocycles. The van der Waals surface area contributed by atoms with Crippen LogP contribution in [0.5, 0.6) is 0 Å². The fourth-order valence-electron chi connectivity index (χ4n) is 1.60. The zero-order valence-electron chi connectivity index (χ0n) is 9.25. The summed E-state index contributed by atoms with van der Waals surface area (Å²) in [5.41, 5.74) is -0.992. The van der Waals surface area contributed by atoms with Crippen LogP contribution in [0.4, 0.5) is 12.9 Å². The predicted octanol–water partition coefficient (Wildman–Crippen LogP) is 1.30. The molecule has 1 aromatic carbocycles. The van der Waals surface area contributed by atoms with Crippen molar-refractivity contribution in [2.75, 3.05) is 0 Å². The first-order valence-corrected chi connectivity index (χ1v) is 4.98. The minimum Gasteiger partial charge on any atom is -0.445 e. The third kappa shape index (κ3) is 1.92. The quantitative estimate of drug-likeness (QED) is 0.705. The van der Waals surface area contributed by atoms with E-state index < -0.39 is 12.4 Å². The van der Waals surface area contributed by atoms with Crippen LogP contribution in [0, 0.1) is 6.92 Å². The van der Waals surface area contributed by atoms with Crippen LogP contribution < -0.4 is 11.0 Å². The molecule has 2 aromatic rings. The van der Waals surface area contributed by atoms with E-state index in [1.807, 2.05) is 0 Å². The molecular weight excluding hydrogens is 232 g/mol. The third-order valence-corrected chi connectivity index (χ3v) is 2.70. The molecule has 0 spiro atoms. The smallest absolute Gasteiger partial charge is 0.445 e. The second kappa shape index (κ2) is 3.61. The molecule has 90 valence electrons. The van der Waals surface area contributed by atoms with Crippen molar-refractivity contribution >= 4 is 23.3 Å². The SMILES string of the molecule is Cc1nc2cc([B-](F)(F)F)ccc2c(=O)n1C. The number of hydrogen-bond acceptors (Lipinski definition) is 2. The summed E-state index contributed by atoms with van der Waals surface area (Å²) in [4.78, 5) is 15.7. The van der Waals surface area contributed by atoms with E-state index >= 15 is 0 Å². The highest BCUT2D eigenvalue weighted by atomic mass is 19.4. The topological polar surface area (TPSA) is 34.9 Å². The van der Waals surface area contributed by atoms with E-state index in [1.54, 1.807) is 6.92 Å². The van der Waals surface area contributed by atoms with Crippen LogP contribution in [0.25, 0.3) is 10.9 Å². The largest absolute Gasteiger partial charge is 0.509 e. The Morgan fingerprint density at radius 3 is 2.53 bits per heavy atom. The number of aryl methyl sites for hydroxylation is 1. The minimum atomic E-state index is -5.07. The highest BCUT2D eigenvalue weighted by molar-refractivity contribution is 6.73. The van der Waals surface area contributed by atoms with Crippen molar-refractivity contribution < 1.29 is 12.9 Å². The van der Waals surface area contributed by atoms with Crippen molar-refractivity contribution in [2.45, 2.75) is 6.92 Å². The summed E-state index contributed by atoms with van der Waals surface area (Å²) in [6, 6.07) is 3.01. The molecule has 0 radical (unpaired) electrons. The van der Waals surface area contributed by atoms with Gasteiger partial charge in [-0.25, -0.2) is 4.98 Å². The van der Waals surface area contributed by atoms with Gasteiger partial charge in [-0.15, -0.1) is 5.46 Å². The zero-order chi connectivity index (χ0) is 12.8. The average Bonchev–Trinajstić information content (AvgIpc) is 2.24. The van der Waals surface area contributed by atoms with Gasteiger partial charge >= 0.3 is 6.98 Å². The monoisotopic (exact) mass is 241 g/mol. The fraction of sp³-hybridized carbons (Fsp3) is 0.200. The highest BCUT2D eigenvalue weighted by Gasteiger charge is 2.25. The molecule has 1 aromatic heterocycles. The Morgan fingerprint density at radius 1 is 1.29 bits per heavy atom. The summed E-state index contributed by atoms with van der Waals surface area (Å²) in [7, 11) is 1.53. The molecule has 7 heteroatoms. The maximum Gasteiger partial charge on any atom is 0.509 e. The number of halogens is 3. The first-order chi connectivity index (χ1) is 7.80. The maximum atomic E-state index is 12.5.